The number of nitro groups is 1. The molecule has 9 heteroatoms. The maximum Gasteiger partial charge on any atom is 0.299 e. The normalized spacial score (nSPS) is 12.2. The average molecular weight is 289 g/mol. The quantitative estimate of drug-likeness (QED) is 0.438. The lowest BCUT2D eigenvalue weighted by Gasteiger charge is -2.21. The first-order valence-corrected chi connectivity index (χ1v) is 6.78. The van der Waals surface area contributed by atoms with E-state index in [0.29, 0.717) is 0 Å². The number of aromatic hydroxyl groups is 1. The number of hydrogen-bond acceptors (Lipinski definition) is 5. The van der Waals surface area contributed by atoms with Gasteiger partial charge < -0.3 is 5.11 Å². The second-order valence-electron chi connectivity index (χ2n) is 4.89. The Hall–Kier alpha value is -1.87. The molecule has 0 amide bonds. The summed E-state index contributed by atoms with van der Waals surface area (Å²) in [5.74, 6) is -0.520. The van der Waals surface area contributed by atoms with E-state index in [4.69, 9.17) is 0 Å². The van der Waals surface area contributed by atoms with E-state index >= 15 is 0 Å². The van der Waals surface area contributed by atoms with E-state index in [1.54, 1.807) is 20.8 Å². The Balaban J connectivity index is 3.16. The summed E-state index contributed by atoms with van der Waals surface area (Å²) in [4.78, 5) is 10.0. The number of nitro benzene ring substituents is 1. The minimum Gasteiger partial charge on any atom is -0.505 e. The Labute approximate surface area is 110 Å². The first-order valence-electron chi connectivity index (χ1n) is 5.30. The largest absolute Gasteiger partial charge is 0.505 e. The van der Waals surface area contributed by atoms with Gasteiger partial charge in [-0.25, -0.2) is 0 Å². The summed E-state index contributed by atoms with van der Waals surface area (Å²) in [7, 11) is -4.04. The Morgan fingerprint density at radius 1 is 1.32 bits per heavy atom. The molecule has 1 aromatic carbocycles. The summed E-state index contributed by atoms with van der Waals surface area (Å²) < 4.78 is 27.8. The van der Waals surface area contributed by atoms with Gasteiger partial charge in [0.15, 0.2) is 5.69 Å². The molecule has 106 valence electrons. The van der Waals surface area contributed by atoms with Crippen molar-refractivity contribution in [2.24, 2.45) is 0 Å². The molecule has 0 bridgehead atoms. The standard InChI is InChI=1S/C10H15N3O5S/c1-10(2,3)12-19(17,18)11-9-7(13(15)16)5-4-6-8(9)14/h4-6,11-12,14H,1-3H3. The molecule has 3 N–H and O–H groups in total. The van der Waals surface area contributed by atoms with E-state index < -0.39 is 37.8 Å². The third-order valence-electron chi connectivity index (χ3n) is 1.89. The summed E-state index contributed by atoms with van der Waals surface area (Å²) >= 11 is 0. The van der Waals surface area contributed by atoms with Crippen LogP contribution in [0.25, 0.3) is 0 Å². The molecule has 19 heavy (non-hydrogen) atoms. The van der Waals surface area contributed by atoms with Crippen molar-refractivity contribution in [3.63, 3.8) is 0 Å². The van der Waals surface area contributed by atoms with E-state index in [1.807, 2.05) is 4.72 Å². The lowest BCUT2D eigenvalue weighted by atomic mass is 10.1. The fourth-order valence-electron chi connectivity index (χ4n) is 1.35. The van der Waals surface area contributed by atoms with Crippen molar-refractivity contribution >= 4 is 21.6 Å². The monoisotopic (exact) mass is 289 g/mol. The molecule has 0 heterocycles. The molecular weight excluding hydrogens is 274 g/mol. The van der Waals surface area contributed by atoms with Gasteiger partial charge in [0, 0.05) is 11.6 Å². The Morgan fingerprint density at radius 3 is 2.37 bits per heavy atom. The predicted molar refractivity (Wildman–Crippen MR) is 70.2 cm³/mol. The van der Waals surface area contributed by atoms with E-state index in [9.17, 15) is 23.6 Å². The minimum atomic E-state index is -4.04. The molecule has 0 spiro atoms. The summed E-state index contributed by atoms with van der Waals surface area (Å²) in [5.41, 5.74) is -1.76. The van der Waals surface area contributed by atoms with Crippen molar-refractivity contribution in [1.82, 2.24) is 4.72 Å². The van der Waals surface area contributed by atoms with Crippen LogP contribution in [0, 0.1) is 10.1 Å². The third kappa shape index (κ3) is 4.38. The molecule has 0 aliphatic heterocycles. The van der Waals surface area contributed by atoms with E-state index in [0.717, 1.165) is 12.1 Å². The van der Waals surface area contributed by atoms with Crippen molar-refractivity contribution in [2.45, 2.75) is 26.3 Å². The highest BCUT2D eigenvalue weighted by Gasteiger charge is 2.25. The average Bonchev–Trinajstić information content (AvgIpc) is 2.16. The van der Waals surface area contributed by atoms with E-state index in [-0.39, 0.29) is 0 Å². The van der Waals surface area contributed by atoms with Crippen LogP contribution >= 0.6 is 0 Å². The van der Waals surface area contributed by atoms with Crippen LogP contribution in [0.5, 0.6) is 5.75 Å². The van der Waals surface area contributed by atoms with Gasteiger partial charge in [0.05, 0.1) is 4.92 Å². The van der Waals surface area contributed by atoms with Crippen molar-refractivity contribution in [1.29, 1.82) is 0 Å². The molecule has 0 unspecified atom stereocenters. The molecule has 0 saturated carbocycles. The van der Waals surface area contributed by atoms with E-state index in [1.165, 1.54) is 6.07 Å². The van der Waals surface area contributed by atoms with Gasteiger partial charge in [0.1, 0.15) is 5.75 Å². The molecule has 0 aliphatic rings. The van der Waals surface area contributed by atoms with Crippen molar-refractivity contribution in [3.05, 3.63) is 28.3 Å². The SMILES string of the molecule is CC(C)(C)NS(=O)(=O)Nc1c(O)cccc1[N+](=O)[O-]. The summed E-state index contributed by atoms with van der Waals surface area (Å²) in [5, 5.41) is 20.3. The second-order valence-corrected chi connectivity index (χ2v) is 6.30. The smallest absolute Gasteiger partial charge is 0.299 e. The lowest BCUT2D eigenvalue weighted by molar-refractivity contribution is -0.383. The molecule has 0 radical (unpaired) electrons. The Kier molecular flexibility index (Phi) is 4.01. The topological polar surface area (TPSA) is 122 Å². The molecule has 0 aromatic heterocycles. The Morgan fingerprint density at radius 2 is 1.89 bits per heavy atom. The first kappa shape index (κ1) is 15.2. The highest BCUT2D eigenvalue weighted by Crippen LogP contribution is 2.33. The number of benzene rings is 1. The molecule has 1 aromatic rings. The van der Waals surface area contributed by atoms with Crippen LogP contribution in [0.4, 0.5) is 11.4 Å². The van der Waals surface area contributed by atoms with Crippen LogP contribution in [0.2, 0.25) is 0 Å². The number of nitrogens with one attached hydrogen (secondary N) is 2. The van der Waals surface area contributed by atoms with Crippen molar-refractivity contribution in [3.8, 4) is 5.75 Å². The Bertz CT molecular complexity index is 592. The fourth-order valence-corrected chi connectivity index (χ4v) is 2.68. The van der Waals surface area contributed by atoms with Gasteiger partial charge in [0.2, 0.25) is 0 Å². The molecule has 8 nitrogen and oxygen atoms in total. The maximum atomic E-state index is 11.8. The zero-order valence-electron chi connectivity index (χ0n) is 10.7. The minimum absolute atomic E-state index is 0.468. The summed E-state index contributed by atoms with van der Waals surface area (Å²) in [6.07, 6.45) is 0. The zero-order chi connectivity index (χ0) is 14.8. The summed E-state index contributed by atoms with van der Waals surface area (Å²) in [6.45, 7) is 4.85. The van der Waals surface area contributed by atoms with E-state index in [2.05, 4.69) is 4.72 Å². The third-order valence-corrected chi connectivity index (χ3v) is 3.25. The number of phenolic OH excluding ortho intramolecular Hbond substituents is 1. The van der Waals surface area contributed by atoms with Gasteiger partial charge in [-0.2, -0.15) is 13.1 Å². The van der Waals surface area contributed by atoms with Gasteiger partial charge in [0.25, 0.3) is 15.9 Å². The first-order chi connectivity index (χ1) is 8.52. The van der Waals surface area contributed by atoms with Crippen molar-refractivity contribution < 1.29 is 18.4 Å². The molecular formula is C10H15N3O5S. The van der Waals surface area contributed by atoms with Crippen LogP contribution in [-0.4, -0.2) is 24.0 Å². The second kappa shape index (κ2) is 5.02. The fraction of sp³-hybridized carbons (Fsp3) is 0.400. The highest BCUT2D eigenvalue weighted by atomic mass is 32.2. The number of anilines is 1. The van der Waals surface area contributed by atoms with Gasteiger partial charge >= 0.3 is 0 Å². The highest BCUT2D eigenvalue weighted by molar-refractivity contribution is 7.90. The van der Waals surface area contributed by atoms with Gasteiger partial charge in [-0.05, 0) is 26.8 Å². The zero-order valence-corrected chi connectivity index (χ0v) is 11.5. The molecule has 0 fully saturated rings. The number of nitrogens with zero attached hydrogens (tertiary/aromatic N) is 1. The molecule has 0 atom stereocenters. The van der Waals surface area contributed by atoms with Crippen LogP contribution in [0.1, 0.15) is 20.8 Å². The maximum absolute atomic E-state index is 11.8. The van der Waals surface area contributed by atoms with Crippen LogP contribution in [0.3, 0.4) is 0 Å². The molecule has 0 aliphatic carbocycles. The van der Waals surface area contributed by atoms with Gasteiger partial charge in [-0.3, -0.25) is 14.8 Å². The van der Waals surface area contributed by atoms with Crippen molar-refractivity contribution in [2.75, 3.05) is 4.72 Å². The predicted octanol–water partition coefficient (Wildman–Crippen LogP) is 1.35. The van der Waals surface area contributed by atoms with Crippen LogP contribution < -0.4 is 9.44 Å². The number of hydrogen-bond donors (Lipinski definition) is 3. The molecule has 0 saturated heterocycles. The van der Waals surface area contributed by atoms with Crippen LogP contribution in [-0.2, 0) is 10.2 Å². The van der Waals surface area contributed by atoms with Gasteiger partial charge in [-0.15, -0.1) is 0 Å². The summed E-state index contributed by atoms with van der Waals surface area (Å²) in [6, 6.07) is 3.50. The van der Waals surface area contributed by atoms with Crippen LogP contribution in [0.15, 0.2) is 18.2 Å². The number of rotatable bonds is 4. The number of para-hydroxylation sites is 1. The molecule has 1 rings (SSSR count). The lowest BCUT2D eigenvalue weighted by Crippen LogP contribution is -2.43. The van der Waals surface area contributed by atoms with Gasteiger partial charge in [-0.1, -0.05) is 6.07 Å². The number of phenols is 1.